The Morgan fingerprint density at radius 3 is 2.26 bits per heavy atom. The first kappa shape index (κ1) is 30.8. The Morgan fingerprint density at radius 1 is 0.952 bits per heavy atom. The van der Waals surface area contributed by atoms with Crippen molar-refractivity contribution in [3.63, 3.8) is 0 Å². The van der Waals surface area contributed by atoms with Crippen molar-refractivity contribution < 1.29 is 31.9 Å². The van der Waals surface area contributed by atoms with Crippen LogP contribution in [0.4, 0.5) is 10.1 Å². The predicted molar refractivity (Wildman–Crippen MR) is 157 cm³/mol. The molecular weight excluding hydrogens is 561 g/mol. The number of fused-ring (bicyclic) bond motifs is 1. The minimum Gasteiger partial charge on any atom is -0.486 e. The summed E-state index contributed by atoms with van der Waals surface area (Å²) in [7, 11) is -4.22. The van der Waals surface area contributed by atoms with Crippen LogP contribution in [-0.2, 0) is 26.2 Å². The predicted octanol–water partition coefficient (Wildman–Crippen LogP) is 4.37. The van der Waals surface area contributed by atoms with E-state index in [9.17, 15) is 22.4 Å². The van der Waals surface area contributed by atoms with Gasteiger partial charge in [0, 0.05) is 19.2 Å². The van der Waals surface area contributed by atoms with Crippen LogP contribution in [0.1, 0.15) is 32.8 Å². The second kappa shape index (κ2) is 13.7. The quantitative estimate of drug-likeness (QED) is 0.333. The van der Waals surface area contributed by atoms with E-state index in [4.69, 9.17) is 9.47 Å². The monoisotopic (exact) mass is 597 g/mol. The standard InChI is InChI=1S/C31H36FN3O6S/c1-4-27(31(37)33-19-22(2)3)34(20-23-10-12-24(32)13-11-23)30(36)21-35(42(38,39)26-8-6-5-7-9-26)25-14-15-28-29(18-25)41-17-16-40-28/h5-15,18,22,27H,4,16-17,19-21H2,1-3H3,(H,33,37)/t27-/m1/s1. The maximum absolute atomic E-state index is 14.1. The number of nitrogens with one attached hydrogen (secondary N) is 1. The Morgan fingerprint density at radius 2 is 1.62 bits per heavy atom. The Kier molecular flexibility index (Phi) is 10.1. The minimum absolute atomic E-state index is 0.000471. The number of ether oxygens (including phenoxy) is 2. The zero-order chi connectivity index (χ0) is 30.3. The molecule has 1 N–H and O–H groups in total. The zero-order valence-electron chi connectivity index (χ0n) is 24.0. The number of amides is 2. The summed E-state index contributed by atoms with van der Waals surface area (Å²) in [5, 5.41) is 2.88. The second-order valence-corrected chi connectivity index (χ2v) is 12.2. The lowest BCUT2D eigenvalue weighted by Gasteiger charge is -2.33. The van der Waals surface area contributed by atoms with Gasteiger partial charge in [0.15, 0.2) is 11.5 Å². The number of hydrogen-bond donors (Lipinski definition) is 1. The number of hydrogen-bond acceptors (Lipinski definition) is 6. The molecule has 1 aliphatic rings. The summed E-state index contributed by atoms with van der Waals surface area (Å²) < 4.78 is 53.9. The third-order valence-corrected chi connectivity index (χ3v) is 8.55. The van der Waals surface area contributed by atoms with Gasteiger partial charge in [-0.25, -0.2) is 12.8 Å². The van der Waals surface area contributed by atoms with Crippen LogP contribution in [0.3, 0.4) is 0 Å². The first-order chi connectivity index (χ1) is 20.1. The molecule has 0 saturated heterocycles. The number of carbonyl (C=O) groups is 2. The number of carbonyl (C=O) groups excluding carboxylic acids is 2. The van der Waals surface area contributed by atoms with Crippen molar-refractivity contribution in [3.8, 4) is 11.5 Å². The molecule has 42 heavy (non-hydrogen) atoms. The van der Waals surface area contributed by atoms with Crippen molar-refractivity contribution in [2.45, 2.75) is 44.7 Å². The van der Waals surface area contributed by atoms with Crippen molar-refractivity contribution in [1.82, 2.24) is 10.2 Å². The summed E-state index contributed by atoms with van der Waals surface area (Å²) >= 11 is 0. The Balaban J connectivity index is 1.73. The third kappa shape index (κ3) is 7.39. The summed E-state index contributed by atoms with van der Waals surface area (Å²) in [4.78, 5) is 28.7. The summed E-state index contributed by atoms with van der Waals surface area (Å²) in [6.07, 6.45) is 0.284. The summed E-state index contributed by atoms with van der Waals surface area (Å²) in [6, 6.07) is 17.2. The molecule has 9 nitrogen and oxygen atoms in total. The van der Waals surface area contributed by atoms with Crippen LogP contribution in [0.5, 0.6) is 11.5 Å². The average molecular weight is 598 g/mol. The van der Waals surface area contributed by atoms with Crippen LogP contribution in [0, 0.1) is 11.7 Å². The van der Waals surface area contributed by atoms with Crippen molar-refractivity contribution in [1.29, 1.82) is 0 Å². The molecule has 1 heterocycles. The first-order valence-corrected chi connectivity index (χ1v) is 15.3. The Bertz CT molecular complexity index is 1480. The molecule has 3 aromatic rings. The highest BCUT2D eigenvalue weighted by molar-refractivity contribution is 7.92. The highest BCUT2D eigenvalue weighted by Gasteiger charge is 2.34. The first-order valence-electron chi connectivity index (χ1n) is 13.9. The zero-order valence-corrected chi connectivity index (χ0v) is 24.8. The lowest BCUT2D eigenvalue weighted by Crippen LogP contribution is -2.52. The molecule has 0 bridgehead atoms. The topological polar surface area (TPSA) is 105 Å². The maximum atomic E-state index is 14.1. The van der Waals surface area contributed by atoms with Gasteiger partial charge in [-0.3, -0.25) is 13.9 Å². The molecule has 11 heteroatoms. The van der Waals surface area contributed by atoms with Crippen LogP contribution in [0.15, 0.2) is 77.7 Å². The molecule has 4 rings (SSSR count). The number of rotatable bonds is 12. The highest BCUT2D eigenvalue weighted by atomic mass is 32.2. The molecule has 1 atom stereocenters. The van der Waals surface area contributed by atoms with Crippen LogP contribution in [-0.4, -0.2) is 57.5 Å². The summed E-state index contributed by atoms with van der Waals surface area (Å²) in [5.74, 6) is -0.355. The molecule has 0 radical (unpaired) electrons. The minimum atomic E-state index is -4.22. The van der Waals surface area contributed by atoms with E-state index in [-0.39, 0.29) is 35.4 Å². The van der Waals surface area contributed by atoms with Gasteiger partial charge in [0.25, 0.3) is 10.0 Å². The SMILES string of the molecule is CC[C@H](C(=O)NCC(C)C)N(Cc1ccc(F)cc1)C(=O)CN(c1ccc2c(c1)OCCO2)S(=O)(=O)c1ccccc1. The molecule has 1 aliphatic heterocycles. The van der Waals surface area contributed by atoms with Gasteiger partial charge in [-0.1, -0.05) is 51.1 Å². The smallest absolute Gasteiger partial charge is 0.264 e. The van der Waals surface area contributed by atoms with Gasteiger partial charge < -0.3 is 19.7 Å². The molecule has 0 saturated carbocycles. The van der Waals surface area contributed by atoms with Crippen LogP contribution in [0.2, 0.25) is 0 Å². The van der Waals surface area contributed by atoms with E-state index in [1.807, 2.05) is 13.8 Å². The maximum Gasteiger partial charge on any atom is 0.264 e. The van der Waals surface area contributed by atoms with Gasteiger partial charge in [0.2, 0.25) is 11.8 Å². The van der Waals surface area contributed by atoms with Crippen molar-refractivity contribution in [2.75, 3.05) is 30.6 Å². The number of benzene rings is 3. The molecule has 0 aliphatic carbocycles. The van der Waals surface area contributed by atoms with Gasteiger partial charge in [0.1, 0.15) is 31.6 Å². The molecule has 224 valence electrons. The van der Waals surface area contributed by atoms with Crippen molar-refractivity contribution >= 4 is 27.5 Å². The molecule has 0 spiro atoms. The number of nitrogens with zero attached hydrogens (tertiary/aromatic N) is 2. The molecule has 2 amide bonds. The number of anilines is 1. The van der Waals surface area contributed by atoms with E-state index in [0.717, 1.165) is 4.31 Å². The normalized spacial score (nSPS) is 13.4. The summed E-state index contributed by atoms with van der Waals surface area (Å²) in [5.41, 5.74) is 0.798. The van der Waals surface area contributed by atoms with E-state index in [2.05, 4.69) is 5.32 Å². The highest BCUT2D eigenvalue weighted by Crippen LogP contribution is 2.36. The van der Waals surface area contributed by atoms with Crippen LogP contribution in [0.25, 0.3) is 0 Å². The molecule has 0 unspecified atom stereocenters. The van der Waals surface area contributed by atoms with Gasteiger partial charge in [-0.05, 0) is 54.3 Å². The van der Waals surface area contributed by atoms with E-state index < -0.39 is 34.3 Å². The fourth-order valence-electron chi connectivity index (χ4n) is 4.56. The van der Waals surface area contributed by atoms with Crippen LogP contribution < -0.4 is 19.1 Å². The molecule has 0 aromatic heterocycles. The molecular formula is C31H36FN3O6S. The van der Waals surface area contributed by atoms with E-state index in [1.54, 1.807) is 37.3 Å². The Hall–Kier alpha value is -4.12. The third-order valence-electron chi connectivity index (χ3n) is 6.76. The number of halogens is 1. The van der Waals surface area contributed by atoms with Gasteiger partial charge in [0.05, 0.1) is 10.6 Å². The fraction of sp³-hybridized carbons (Fsp3) is 0.355. The Labute approximate surface area is 246 Å². The lowest BCUT2D eigenvalue weighted by molar-refractivity contribution is -0.140. The van der Waals surface area contributed by atoms with Crippen molar-refractivity contribution in [2.24, 2.45) is 5.92 Å². The fourth-order valence-corrected chi connectivity index (χ4v) is 5.99. The average Bonchev–Trinajstić information content (AvgIpc) is 2.99. The van der Waals surface area contributed by atoms with Gasteiger partial charge >= 0.3 is 0 Å². The largest absolute Gasteiger partial charge is 0.486 e. The van der Waals surface area contributed by atoms with Gasteiger partial charge in [-0.15, -0.1) is 0 Å². The van der Waals surface area contributed by atoms with Crippen molar-refractivity contribution in [3.05, 3.63) is 84.2 Å². The van der Waals surface area contributed by atoms with E-state index in [1.165, 1.54) is 47.4 Å². The van der Waals surface area contributed by atoms with Crippen LogP contribution >= 0.6 is 0 Å². The van der Waals surface area contributed by atoms with E-state index >= 15 is 0 Å². The number of sulfonamides is 1. The van der Waals surface area contributed by atoms with Gasteiger partial charge in [-0.2, -0.15) is 0 Å². The molecule has 3 aromatic carbocycles. The lowest BCUT2D eigenvalue weighted by atomic mass is 10.1. The second-order valence-electron chi connectivity index (χ2n) is 10.4. The molecule has 0 fully saturated rings. The van der Waals surface area contributed by atoms with E-state index in [0.29, 0.717) is 36.8 Å². The summed E-state index contributed by atoms with van der Waals surface area (Å²) in [6.45, 7) is 6.18.